The second-order valence-corrected chi connectivity index (χ2v) is 10.2. The molecule has 1 heteroatoms. The number of unbranched alkanes of at least 4 members (excludes halogenated alkanes) is 2. The maximum absolute atomic E-state index is 5.81. The summed E-state index contributed by atoms with van der Waals surface area (Å²) in [7, 11) is 0. The average molecular weight is 411 g/mol. The van der Waals surface area contributed by atoms with E-state index in [1.165, 1.54) is 95.5 Å². The van der Waals surface area contributed by atoms with E-state index in [1.807, 2.05) is 0 Å². The largest absolute Gasteiger partial charge is 0.377 e. The Hall–Kier alpha value is -1.08. The standard InChI is InChI=1S/C29H46O/c1-3-5-6-22-30-23-27-16-20-29(21-17-27)28-18-14-26(15-19-28)13-12-25-10-8-24(7-4-2)9-11-25/h4,16-17,20-21,24-26,28H,2-3,5-15,18-19,22-23H2,1H3/t24-,25-,26-,28-. The van der Waals surface area contributed by atoms with E-state index < -0.39 is 0 Å². The first kappa shape index (κ1) is 23.6. The first-order chi connectivity index (χ1) is 14.8. The van der Waals surface area contributed by atoms with Gasteiger partial charge in [-0.3, -0.25) is 0 Å². The maximum atomic E-state index is 5.81. The van der Waals surface area contributed by atoms with E-state index in [-0.39, 0.29) is 0 Å². The molecule has 2 aliphatic carbocycles. The van der Waals surface area contributed by atoms with Gasteiger partial charge in [0.05, 0.1) is 6.61 Å². The van der Waals surface area contributed by atoms with Crippen LogP contribution in [-0.2, 0) is 11.3 Å². The van der Waals surface area contributed by atoms with Crippen LogP contribution in [0.3, 0.4) is 0 Å². The summed E-state index contributed by atoms with van der Waals surface area (Å²) in [5.74, 6) is 3.73. The number of hydrogen-bond acceptors (Lipinski definition) is 1. The van der Waals surface area contributed by atoms with Crippen LogP contribution in [0.25, 0.3) is 0 Å². The molecule has 0 atom stereocenters. The van der Waals surface area contributed by atoms with E-state index in [9.17, 15) is 0 Å². The van der Waals surface area contributed by atoms with Crippen LogP contribution in [0.2, 0.25) is 0 Å². The minimum atomic E-state index is 0.770. The molecule has 1 aromatic rings. The normalized spacial score (nSPS) is 27.1. The van der Waals surface area contributed by atoms with Gasteiger partial charge in [-0.05, 0) is 86.2 Å². The van der Waals surface area contributed by atoms with Crippen molar-refractivity contribution in [3.05, 3.63) is 48.0 Å². The zero-order valence-corrected chi connectivity index (χ0v) is 19.6. The fourth-order valence-corrected chi connectivity index (χ4v) is 5.78. The van der Waals surface area contributed by atoms with Gasteiger partial charge in [0, 0.05) is 6.61 Å². The van der Waals surface area contributed by atoms with Crippen LogP contribution in [0.1, 0.15) is 114 Å². The molecule has 0 amide bonds. The number of rotatable bonds is 12. The first-order valence-corrected chi connectivity index (χ1v) is 13.1. The van der Waals surface area contributed by atoms with Crippen LogP contribution >= 0.6 is 0 Å². The summed E-state index contributed by atoms with van der Waals surface area (Å²) in [5, 5.41) is 0. The summed E-state index contributed by atoms with van der Waals surface area (Å²) < 4.78 is 5.81. The van der Waals surface area contributed by atoms with Crippen LogP contribution in [0.15, 0.2) is 36.9 Å². The van der Waals surface area contributed by atoms with Crippen LogP contribution in [0.4, 0.5) is 0 Å². The Kier molecular flexibility index (Phi) is 10.5. The highest BCUT2D eigenvalue weighted by molar-refractivity contribution is 5.25. The van der Waals surface area contributed by atoms with E-state index in [2.05, 4.69) is 43.8 Å². The van der Waals surface area contributed by atoms with Gasteiger partial charge in [0.1, 0.15) is 0 Å². The van der Waals surface area contributed by atoms with Crippen molar-refractivity contribution in [1.82, 2.24) is 0 Å². The van der Waals surface area contributed by atoms with E-state index in [1.54, 1.807) is 5.56 Å². The monoisotopic (exact) mass is 410 g/mol. The first-order valence-electron chi connectivity index (χ1n) is 13.1. The Morgan fingerprint density at radius 3 is 2.03 bits per heavy atom. The third kappa shape index (κ3) is 7.88. The van der Waals surface area contributed by atoms with Crippen LogP contribution in [0, 0.1) is 17.8 Å². The van der Waals surface area contributed by atoms with E-state index >= 15 is 0 Å². The molecule has 1 aromatic carbocycles. The molecule has 0 spiro atoms. The zero-order valence-electron chi connectivity index (χ0n) is 19.6. The van der Waals surface area contributed by atoms with Gasteiger partial charge in [0.25, 0.3) is 0 Å². The Labute approximate surface area is 186 Å². The molecule has 0 radical (unpaired) electrons. The quantitative estimate of drug-likeness (QED) is 0.247. The Morgan fingerprint density at radius 2 is 1.43 bits per heavy atom. The van der Waals surface area contributed by atoms with Crippen molar-refractivity contribution in [2.45, 2.75) is 109 Å². The van der Waals surface area contributed by atoms with Gasteiger partial charge >= 0.3 is 0 Å². The molecule has 2 saturated carbocycles. The van der Waals surface area contributed by atoms with Crippen LogP contribution in [0.5, 0.6) is 0 Å². The second-order valence-electron chi connectivity index (χ2n) is 10.2. The van der Waals surface area contributed by atoms with Gasteiger partial charge in [-0.15, -0.1) is 6.58 Å². The fraction of sp³-hybridized carbons (Fsp3) is 0.724. The maximum Gasteiger partial charge on any atom is 0.0716 e. The van der Waals surface area contributed by atoms with Crippen molar-refractivity contribution >= 4 is 0 Å². The van der Waals surface area contributed by atoms with Gasteiger partial charge in [-0.1, -0.05) is 75.8 Å². The highest BCUT2D eigenvalue weighted by Crippen LogP contribution is 2.40. The van der Waals surface area contributed by atoms with E-state index in [0.29, 0.717) is 0 Å². The molecule has 0 bridgehead atoms. The summed E-state index contributed by atoms with van der Waals surface area (Å²) in [6, 6.07) is 9.34. The summed E-state index contributed by atoms with van der Waals surface area (Å²) in [4.78, 5) is 0. The highest BCUT2D eigenvalue weighted by atomic mass is 16.5. The predicted octanol–water partition coefficient (Wildman–Crippen LogP) is 8.83. The Bertz CT molecular complexity index is 573. The SMILES string of the molecule is C=CC[C@H]1CC[C@H](CC[C@H]2CC[C@H](c3ccc(COCCCCC)cc3)CC2)CC1. The van der Waals surface area contributed by atoms with E-state index in [0.717, 1.165) is 36.9 Å². The molecule has 3 rings (SSSR count). The van der Waals surface area contributed by atoms with Crippen molar-refractivity contribution < 1.29 is 4.74 Å². The van der Waals surface area contributed by atoms with Gasteiger partial charge < -0.3 is 4.74 Å². The molecule has 2 aliphatic rings. The molecule has 30 heavy (non-hydrogen) atoms. The molecule has 0 aliphatic heterocycles. The van der Waals surface area contributed by atoms with Crippen molar-refractivity contribution in [3.63, 3.8) is 0 Å². The summed E-state index contributed by atoms with van der Waals surface area (Å²) in [6.45, 7) is 7.83. The average Bonchev–Trinajstić information content (AvgIpc) is 2.79. The summed E-state index contributed by atoms with van der Waals surface area (Å²) in [5.41, 5.74) is 2.88. The molecule has 0 unspecified atom stereocenters. The molecule has 0 aromatic heterocycles. The third-order valence-electron chi connectivity index (χ3n) is 7.91. The van der Waals surface area contributed by atoms with Gasteiger partial charge in [0.15, 0.2) is 0 Å². The molecule has 0 saturated heterocycles. The van der Waals surface area contributed by atoms with Crippen molar-refractivity contribution in [1.29, 1.82) is 0 Å². The summed E-state index contributed by atoms with van der Waals surface area (Å²) >= 11 is 0. The lowest BCUT2D eigenvalue weighted by Crippen LogP contribution is -2.17. The van der Waals surface area contributed by atoms with Gasteiger partial charge in [-0.25, -0.2) is 0 Å². The molecule has 2 fully saturated rings. The van der Waals surface area contributed by atoms with Crippen molar-refractivity contribution in [2.24, 2.45) is 17.8 Å². The predicted molar refractivity (Wildman–Crippen MR) is 130 cm³/mol. The molecular formula is C29H46O. The lowest BCUT2D eigenvalue weighted by molar-refractivity contribution is 0.117. The lowest BCUT2D eigenvalue weighted by Gasteiger charge is -2.32. The smallest absolute Gasteiger partial charge is 0.0716 e. The minimum absolute atomic E-state index is 0.770. The molecule has 168 valence electrons. The van der Waals surface area contributed by atoms with Crippen molar-refractivity contribution in [3.8, 4) is 0 Å². The van der Waals surface area contributed by atoms with Crippen LogP contribution < -0.4 is 0 Å². The molecule has 1 nitrogen and oxygen atoms in total. The van der Waals surface area contributed by atoms with Crippen LogP contribution in [-0.4, -0.2) is 6.61 Å². The summed E-state index contributed by atoms with van der Waals surface area (Å²) in [6.07, 6.45) is 21.6. The topological polar surface area (TPSA) is 9.23 Å². The Balaban J connectivity index is 1.31. The highest BCUT2D eigenvalue weighted by Gasteiger charge is 2.25. The molecule has 0 N–H and O–H groups in total. The lowest BCUT2D eigenvalue weighted by atomic mass is 9.74. The van der Waals surface area contributed by atoms with Crippen molar-refractivity contribution in [2.75, 3.05) is 6.61 Å². The van der Waals surface area contributed by atoms with Gasteiger partial charge in [0.2, 0.25) is 0 Å². The zero-order chi connectivity index (χ0) is 21.0. The Morgan fingerprint density at radius 1 is 0.833 bits per heavy atom. The third-order valence-corrected chi connectivity index (χ3v) is 7.91. The molecular weight excluding hydrogens is 364 g/mol. The number of ether oxygens (including phenoxy) is 1. The number of hydrogen-bond donors (Lipinski definition) is 0. The number of allylic oxidation sites excluding steroid dienone is 1. The second kappa shape index (κ2) is 13.4. The minimum Gasteiger partial charge on any atom is -0.377 e. The number of benzene rings is 1. The van der Waals surface area contributed by atoms with Gasteiger partial charge in [-0.2, -0.15) is 0 Å². The molecule has 0 heterocycles. The van der Waals surface area contributed by atoms with E-state index in [4.69, 9.17) is 4.74 Å². The fourth-order valence-electron chi connectivity index (χ4n) is 5.78.